The van der Waals surface area contributed by atoms with Gasteiger partial charge in [0.25, 0.3) is 0 Å². The molecule has 0 unspecified atom stereocenters. The number of carbonyl (C=O) groups is 1. The maximum atomic E-state index is 11.7. The summed E-state index contributed by atoms with van der Waals surface area (Å²) in [4.78, 5) is 13.4. The second-order valence-electron chi connectivity index (χ2n) is 4.46. The number of nitrogens with zero attached hydrogens (tertiary/aromatic N) is 1. The van der Waals surface area contributed by atoms with Crippen LogP contribution in [0.1, 0.15) is 26.7 Å². The molecule has 1 amide bonds. The van der Waals surface area contributed by atoms with E-state index in [0.717, 1.165) is 0 Å². The van der Waals surface area contributed by atoms with Gasteiger partial charge in [-0.3, -0.25) is 4.79 Å². The van der Waals surface area contributed by atoms with Crippen LogP contribution in [0.25, 0.3) is 0 Å². The van der Waals surface area contributed by atoms with Crippen molar-refractivity contribution in [1.29, 1.82) is 0 Å². The van der Waals surface area contributed by atoms with E-state index in [1.54, 1.807) is 4.90 Å². The van der Waals surface area contributed by atoms with Crippen molar-refractivity contribution in [2.45, 2.75) is 38.8 Å². The van der Waals surface area contributed by atoms with E-state index in [9.17, 15) is 9.90 Å². The van der Waals surface area contributed by atoms with Crippen LogP contribution in [-0.2, 0) is 4.79 Å². The van der Waals surface area contributed by atoms with Crippen LogP contribution in [-0.4, -0.2) is 41.1 Å². The molecule has 0 aromatic carbocycles. The molecule has 4 heteroatoms. The average molecular weight is 200 g/mol. The fourth-order valence-electron chi connectivity index (χ4n) is 1.79. The van der Waals surface area contributed by atoms with Crippen molar-refractivity contribution in [3.05, 3.63) is 0 Å². The number of amides is 1. The molecule has 3 N–H and O–H groups in total. The predicted octanol–water partition coefficient (Wildman–Crippen LogP) is -0.0470. The summed E-state index contributed by atoms with van der Waals surface area (Å²) in [5, 5.41) is 9.28. The standard InChI is InChI=1S/C10H20N2O2/c1-7(2)5-9(11)10(14)12-4-3-8(13)6-12/h7-9,13H,3-6,11H2,1-2H3/t8-,9-/m0/s1. The normalized spacial score (nSPS) is 24.4. The quantitative estimate of drug-likeness (QED) is 0.671. The zero-order valence-electron chi connectivity index (χ0n) is 8.94. The van der Waals surface area contributed by atoms with Crippen LogP contribution in [0.4, 0.5) is 0 Å². The lowest BCUT2D eigenvalue weighted by Crippen LogP contribution is -2.43. The third kappa shape index (κ3) is 2.96. The molecule has 2 atom stereocenters. The van der Waals surface area contributed by atoms with Gasteiger partial charge in [-0.2, -0.15) is 0 Å². The predicted molar refractivity (Wildman–Crippen MR) is 54.6 cm³/mol. The number of hydrogen-bond acceptors (Lipinski definition) is 3. The van der Waals surface area contributed by atoms with Crippen LogP contribution in [0, 0.1) is 5.92 Å². The first-order chi connectivity index (χ1) is 6.50. The molecular weight excluding hydrogens is 180 g/mol. The molecule has 0 bridgehead atoms. The molecule has 0 saturated carbocycles. The molecule has 1 aliphatic rings. The highest BCUT2D eigenvalue weighted by molar-refractivity contribution is 5.81. The molecule has 1 aliphatic heterocycles. The number of nitrogens with two attached hydrogens (primary N) is 1. The molecule has 0 radical (unpaired) electrons. The molecule has 1 heterocycles. The van der Waals surface area contributed by atoms with Crippen LogP contribution in [0.5, 0.6) is 0 Å². The Morgan fingerprint density at radius 3 is 2.71 bits per heavy atom. The third-order valence-electron chi connectivity index (χ3n) is 2.52. The second-order valence-corrected chi connectivity index (χ2v) is 4.46. The van der Waals surface area contributed by atoms with E-state index >= 15 is 0 Å². The van der Waals surface area contributed by atoms with Crippen LogP contribution in [0.3, 0.4) is 0 Å². The van der Waals surface area contributed by atoms with Gasteiger partial charge in [-0.25, -0.2) is 0 Å². The largest absolute Gasteiger partial charge is 0.391 e. The van der Waals surface area contributed by atoms with E-state index in [4.69, 9.17) is 5.73 Å². The van der Waals surface area contributed by atoms with Gasteiger partial charge < -0.3 is 15.7 Å². The van der Waals surface area contributed by atoms with Gasteiger partial charge in [0.05, 0.1) is 12.1 Å². The Labute approximate surface area is 85.1 Å². The summed E-state index contributed by atoms with van der Waals surface area (Å²) in [6, 6.07) is -0.403. The monoisotopic (exact) mass is 200 g/mol. The van der Waals surface area contributed by atoms with Gasteiger partial charge >= 0.3 is 0 Å². The number of hydrogen-bond donors (Lipinski definition) is 2. The lowest BCUT2D eigenvalue weighted by atomic mass is 10.0. The zero-order valence-corrected chi connectivity index (χ0v) is 8.94. The minimum absolute atomic E-state index is 0.0183. The SMILES string of the molecule is CC(C)C[C@H](N)C(=O)N1CC[C@H](O)C1. The van der Waals surface area contributed by atoms with E-state index in [2.05, 4.69) is 0 Å². The highest BCUT2D eigenvalue weighted by atomic mass is 16.3. The van der Waals surface area contributed by atoms with E-state index in [0.29, 0.717) is 31.8 Å². The van der Waals surface area contributed by atoms with Crippen molar-refractivity contribution < 1.29 is 9.90 Å². The van der Waals surface area contributed by atoms with Crippen LogP contribution in [0.15, 0.2) is 0 Å². The molecule has 0 spiro atoms. The molecular formula is C10H20N2O2. The molecule has 4 nitrogen and oxygen atoms in total. The van der Waals surface area contributed by atoms with Gasteiger partial charge in [-0.05, 0) is 18.8 Å². The summed E-state index contributed by atoms with van der Waals surface area (Å²) in [5.41, 5.74) is 5.77. The fourth-order valence-corrected chi connectivity index (χ4v) is 1.79. The Bertz CT molecular complexity index is 206. The Balaban J connectivity index is 2.40. The summed E-state index contributed by atoms with van der Waals surface area (Å²) in [5.74, 6) is 0.414. The smallest absolute Gasteiger partial charge is 0.239 e. The first-order valence-corrected chi connectivity index (χ1v) is 5.23. The summed E-state index contributed by atoms with van der Waals surface area (Å²) in [6.45, 7) is 5.19. The highest BCUT2D eigenvalue weighted by Gasteiger charge is 2.28. The number of aliphatic hydroxyl groups is 1. The van der Waals surface area contributed by atoms with Crippen molar-refractivity contribution in [1.82, 2.24) is 4.90 Å². The number of rotatable bonds is 3. The second kappa shape index (κ2) is 4.75. The number of β-amino-alcohol motifs (C(OH)–C–C–N with tert-alkyl or cyclic N) is 1. The van der Waals surface area contributed by atoms with Gasteiger partial charge in [0, 0.05) is 13.1 Å². The average Bonchev–Trinajstić information content (AvgIpc) is 2.49. The Morgan fingerprint density at radius 1 is 1.64 bits per heavy atom. The van der Waals surface area contributed by atoms with E-state index in [1.807, 2.05) is 13.8 Å². The van der Waals surface area contributed by atoms with Gasteiger partial charge in [0.2, 0.25) is 5.91 Å². The number of aliphatic hydroxyl groups excluding tert-OH is 1. The molecule has 0 aromatic heterocycles. The molecule has 14 heavy (non-hydrogen) atoms. The number of carbonyl (C=O) groups excluding carboxylic acids is 1. The van der Waals surface area contributed by atoms with Crippen LogP contribution >= 0.6 is 0 Å². The summed E-state index contributed by atoms with van der Waals surface area (Å²) < 4.78 is 0. The molecule has 0 aromatic rings. The molecule has 0 aliphatic carbocycles. The lowest BCUT2D eigenvalue weighted by Gasteiger charge is -2.21. The minimum atomic E-state index is -0.403. The Kier molecular flexibility index (Phi) is 3.89. The molecule has 1 saturated heterocycles. The summed E-state index contributed by atoms with van der Waals surface area (Å²) >= 11 is 0. The van der Waals surface area contributed by atoms with E-state index in [1.165, 1.54) is 0 Å². The van der Waals surface area contributed by atoms with E-state index < -0.39 is 6.04 Å². The Morgan fingerprint density at radius 2 is 2.29 bits per heavy atom. The van der Waals surface area contributed by atoms with Gasteiger partial charge in [0.15, 0.2) is 0 Å². The summed E-state index contributed by atoms with van der Waals surface area (Å²) in [7, 11) is 0. The van der Waals surface area contributed by atoms with Crippen molar-refractivity contribution in [3.8, 4) is 0 Å². The van der Waals surface area contributed by atoms with Crippen molar-refractivity contribution in [2.75, 3.05) is 13.1 Å². The molecule has 82 valence electrons. The van der Waals surface area contributed by atoms with Crippen LogP contribution < -0.4 is 5.73 Å². The van der Waals surface area contributed by atoms with Crippen molar-refractivity contribution in [3.63, 3.8) is 0 Å². The summed E-state index contributed by atoms with van der Waals surface area (Å²) in [6.07, 6.45) is 1.04. The van der Waals surface area contributed by atoms with Gasteiger partial charge in [0.1, 0.15) is 0 Å². The maximum absolute atomic E-state index is 11.7. The van der Waals surface area contributed by atoms with Crippen molar-refractivity contribution in [2.24, 2.45) is 11.7 Å². The lowest BCUT2D eigenvalue weighted by molar-refractivity contribution is -0.132. The fraction of sp³-hybridized carbons (Fsp3) is 0.900. The highest BCUT2D eigenvalue weighted by Crippen LogP contribution is 2.12. The maximum Gasteiger partial charge on any atom is 0.239 e. The number of likely N-dealkylation sites (tertiary alicyclic amines) is 1. The van der Waals surface area contributed by atoms with Gasteiger partial charge in [-0.15, -0.1) is 0 Å². The minimum Gasteiger partial charge on any atom is -0.391 e. The van der Waals surface area contributed by atoms with Gasteiger partial charge in [-0.1, -0.05) is 13.8 Å². The zero-order chi connectivity index (χ0) is 10.7. The van der Waals surface area contributed by atoms with E-state index in [-0.39, 0.29) is 12.0 Å². The third-order valence-corrected chi connectivity index (χ3v) is 2.52. The molecule has 1 fully saturated rings. The first kappa shape index (κ1) is 11.5. The topological polar surface area (TPSA) is 66.6 Å². The van der Waals surface area contributed by atoms with Crippen LogP contribution in [0.2, 0.25) is 0 Å². The molecule has 1 rings (SSSR count). The first-order valence-electron chi connectivity index (χ1n) is 5.23. The Hall–Kier alpha value is -0.610. The van der Waals surface area contributed by atoms with Crippen molar-refractivity contribution >= 4 is 5.91 Å².